The number of nitrogens with one attached hydrogen (secondary N) is 2. The first-order valence-electron chi connectivity index (χ1n) is 4.56. The zero-order valence-electron chi connectivity index (χ0n) is 7.95. The highest BCUT2D eigenvalue weighted by atomic mass is 35.5. The number of hydrogen-bond donors (Lipinski definition) is 2. The van der Waals surface area contributed by atoms with Crippen LogP contribution >= 0.6 is 11.6 Å². The molecule has 3 rings (SSSR count). The maximum absolute atomic E-state index is 10.8. The third-order valence-corrected chi connectivity index (χ3v) is 2.49. The highest BCUT2D eigenvalue weighted by molar-refractivity contribution is 6.31. The van der Waals surface area contributed by atoms with Gasteiger partial charge in [-0.2, -0.15) is 0 Å². The van der Waals surface area contributed by atoms with Crippen LogP contribution < -0.4 is 5.76 Å². The van der Waals surface area contributed by atoms with Crippen LogP contribution in [0.1, 0.15) is 0 Å². The molecule has 0 saturated heterocycles. The molecule has 6 heteroatoms. The van der Waals surface area contributed by atoms with Crippen molar-refractivity contribution in [3.8, 4) is 11.6 Å². The zero-order valence-corrected chi connectivity index (χ0v) is 8.71. The normalized spacial score (nSPS) is 11.1. The molecule has 0 bridgehead atoms. The van der Waals surface area contributed by atoms with Gasteiger partial charge in [0, 0.05) is 15.9 Å². The fourth-order valence-electron chi connectivity index (χ4n) is 1.56. The van der Waals surface area contributed by atoms with Gasteiger partial charge in [-0.25, -0.2) is 9.89 Å². The molecule has 0 spiro atoms. The van der Waals surface area contributed by atoms with Gasteiger partial charge < -0.3 is 9.40 Å². The van der Waals surface area contributed by atoms with Crippen molar-refractivity contribution in [2.45, 2.75) is 0 Å². The van der Waals surface area contributed by atoms with Gasteiger partial charge in [-0.3, -0.25) is 0 Å². The molecule has 0 unspecified atom stereocenters. The van der Waals surface area contributed by atoms with Crippen molar-refractivity contribution in [1.82, 2.24) is 15.2 Å². The van der Waals surface area contributed by atoms with Crippen LogP contribution in [0, 0.1) is 0 Å². The highest BCUT2D eigenvalue weighted by Gasteiger charge is 2.08. The second-order valence-electron chi connectivity index (χ2n) is 3.33. The van der Waals surface area contributed by atoms with Gasteiger partial charge in [-0.1, -0.05) is 17.7 Å². The van der Waals surface area contributed by atoms with E-state index in [4.69, 9.17) is 16.0 Å². The molecular formula is C10H6ClN3O2. The van der Waals surface area contributed by atoms with Crippen molar-refractivity contribution in [2.75, 3.05) is 0 Å². The summed E-state index contributed by atoms with van der Waals surface area (Å²) < 4.78 is 4.84. The lowest BCUT2D eigenvalue weighted by Gasteiger charge is -1.89. The summed E-state index contributed by atoms with van der Waals surface area (Å²) in [6.07, 6.45) is 0. The van der Waals surface area contributed by atoms with E-state index >= 15 is 0 Å². The summed E-state index contributed by atoms with van der Waals surface area (Å²) in [6.45, 7) is 0. The molecular weight excluding hydrogens is 230 g/mol. The quantitative estimate of drug-likeness (QED) is 0.679. The molecule has 5 nitrogen and oxygen atoms in total. The summed E-state index contributed by atoms with van der Waals surface area (Å²) in [7, 11) is 0. The van der Waals surface area contributed by atoms with E-state index in [0.717, 1.165) is 10.9 Å². The Kier molecular flexibility index (Phi) is 1.87. The van der Waals surface area contributed by atoms with Crippen LogP contribution in [0.15, 0.2) is 33.5 Å². The molecule has 0 fully saturated rings. The fourth-order valence-corrected chi connectivity index (χ4v) is 1.73. The third-order valence-electron chi connectivity index (χ3n) is 2.25. The lowest BCUT2D eigenvalue weighted by Crippen LogP contribution is -1.93. The second kappa shape index (κ2) is 3.24. The van der Waals surface area contributed by atoms with Gasteiger partial charge in [0.1, 0.15) is 5.69 Å². The summed E-state index contributed by atoms with van der Waals surface area (Å²) in [5, 5.41) is 7.56. The molecule has 0 atom stereocenters. The Hall–Kier alpha value is -2.01. The first-order chi connectivity index (χ1) is 7.72. The molecule has 0 aliphatic carbocycles. The highest BCUT2D eigenvalue weighted by Crippen LogP contribution is 2.24. The van der Waals surface area contributed by atoms with Gasteiger partial charge >= 0.3 is 5.76 Å². The summed E-state index contributed by atoms with van der Waals surface area (Å²) in [5.41, 5.74) is 1.50. The van der Waals surface area contributed by atoms with Crippen LogP contribution in [0.25, 0.3) is 22.5 Å². The molecule has 1 aromatic carbocycles. The van der Waals surface area contributed by atoms with E-state index in [0.29, 0.717) is 10.7 Å². The van der Waals surface area contributed by atoms with Gasteiger partial charge in [0.05, 0.1) is 0 Å². The first kappa shape index (κ1) is 9.23. The summed E-state index contributed by atoms with van der Waals surface area (Å²) in [5.74, 6) is -0.344. The van der Waals surface area contributed by atoms with Crippen molar-refractivity contribution in [3.63, 3.8) is 0 Å². The number of halogens is 1. The second-order valence-corrected chi connectivity index (χ2v) is 3.77. The standard InChI is InChI=1S/C10H6ClN3O2/c11-6-2-1-5-3-8(12-7(5)4-6)9-13-14-10(15)16-9/h1-4,12H,(H,14,15). The SMILES string of the molecule is O=c1[nH]nc(-c2cc3ccc(Cl)cc3[nH]2)o1. The summed E-state index contributed by atoms with van der Waals surface area (Å²) in [6, 6.07) is 7.31. The first-order valence-corrected chi connectivity index (χ1v) is 4.94. The monoisotopic (exact) mass is 235 g/mol. The lowest BCUT2D eigenvalue weighted by atomic mass is 10.2. The molecule has 0 saturated carbocycles. The molecule has 16 heavy (non-hydrogen) atoms. The number of benzene rings is 1. The number of fused-ring (bicyclic) bond motifs is 1. The van der Waals surface area contributed by atoms with Gasteiger partial charge in [0.2, 0.25) is 0 Å². The van der Waals surface area contributed by atoms with E-state index < -0.39 is 5.76 Å². The van der Waals surface area contributed by atoms with Gasteiger partial charge in [0.15, 0.2) is 0 Å². The van der Waals surface area contributed by atoms with Crippen LogP contribution in [-0.2, 0) is 0 Å². The van der Waals surface area contributed by atoms with Crippen molar-refractivity contribution < 1.29 is 4.42 Å². The lowest BCUT2D eigenvalue weighted by molar-refractivity contribution is 0.525. The Bertz CT molecular complexity index is 710. The Labute approximate surface area is 94.0 Å². The topological polar surface area (TPSA) is 74.7 Å². The number of rotatable bonds is 1. The van der Waals surface area contributed by atoms with Crippen LogP contribution in [-0.4, -0.2) is 15.2 Å². The number of H-pyrrole nitrogens is 2. The van der Waals surface area contributed by atoms with Crippen LogP contribution in [0.3, 0.4) is 0 Å². The van der Waals surface area contributed by atoms with E-state index in [1.54, 1.807) is 12.1 Å². The minimum Gasteiger partial charge on any atom is -0.386 e. The Morgan fingerprint density at radius 2 is 2.19 bits per heavy atom. The zero-order chi connectivity index (χ0) is 11.1. The number of nitrogens with zero attached hydrogens (tertiary/aromatic N) is 1. The predicted octanol–water partition coefficient (Wildman–Crippen LogP) is 2.16. The van der Waals surface area contributed by atoms with Crippen molar-refractivity contribution in [3.05, 3.63) is 39.8 Å². The smallest absolute Gasteiger partial charge is 0.386 e. The molecule has 2 N–H and O–H groups in total. The van der Waals surface area contributed by atoms with Crippen LogP contribution in [0.4, 0.5) is 0 Å². The third kappa shape index (κ3) is 1.42. The average Bonchev–Trinajstić information content (AvgIpc) is 2.83. The Balaban J connectivity index is 2.22. The molecule has 80 valence electrons. The molecule has 0 amide bonds. The maximum atomic E-state index is 10.8. The van der Waals surface area contributed by atoms with E-state index in [9.17, 15) is 4.79 Å². The molecule has 2 aromatic heterocycles. The van der Waals surface area contributed by atoms with E-state index in [-0.39, 0.29) is 5.89 Å². The number of hydrogen-bond acceptors (Lipinski definition) is 3. The van der Waals surface area contributed by atoms with Crippen molar-refractivity contribution >= 4 is 22.5 Å². The Morgan fingerprint density at radius 3 is 2.94 bits per heavy atom. The molecule has 0 radical (unpaired) electrons. The van der Waals surface area contributed by atoms with E-state index in [2.05, 4.69) is 15.2 Å². The van der Waals surface area contributed by atoms with Crippen molar-refractivity contribution in [2.24, 2.45) is 0 Å². The Morgan fingerprint density at radius 1 is 1.31 bits per heavy atom. The molecule has 0 aliphatic heterocycles. The van der Waals surface area contributed by atoms with Crippen LogP contribution in [0.5, 0.6) is 0 Å². The fraction of sp³-hybridized carbons (Fsp3) is 0. The average molecular weight is 236 g/mol. The summed E-state index contributed by atoms with van der Waals surface area (Å²) >= 11 is 5.86. The van der Waals surface area contributed by atoms with E-state index in [1.807, 2.05) is 12.1 Å². The summed E-state index contributed by atoms with van der Waals surface area (Å²) in [4.78, 5) is 13.9. The van der Waals surface area contributed by atoms with Gasteiger partial charge in [-0.05, 0) is 18.2 Å². The number of aromatic nitrogens is 3. The number of aromatic amines is 2. The minimum absolute atomic E-state index is 0.234. The van der Waals surface area contributed by atoms with Gasteiger partial charge in [-0.15, -0.1) is 5.10 Å². The van der Waals surface area contributed by atoms with E-state index in [1.165, 1.54) is 0 Å². The van der Waals surface area contributed by atoms with Crippen molar-refractivity contribution in [1.29, 1.82) is 0 Å². The maximum Gasteiger partial charge on any atom is 0.434 e. The van der Waals surface area contributed by atoms with Gasteiger partial charge in [0.25, 0.3) is 5.89 Å². The predicted molar refractivity (Wildman–Crippen MR) is 59.4 cm³/mol. The molecule has 2 heterocycles. The van der Waals surface area contributed by atoms with Crippen LogP contribution in [0.2, 0.25) is 5.02 Å². The molecule has 0 aliphatic rings. The largest absolute Gasteiger partial charge is 0.434 e. The minimum atomic E-state index is -0.577. The molecule has 3 aromatic rings.